The van der Waals surface area contributed by atoms with Crippen molar-refractivity contribution in [2.75, 3.05) is 17.9 Å². The van der Waals surface area contributed by atoms with E-state index < -0.39 is 0 Å². The molecule has 0 spiro atoms. The molecule has 3 nitrogen and oxygen atoms in total. The van der Waals surface area contributed by atoms with Gasteiger partial charge in [-0.25, -0.2) is 9.97 Å². The minimum absolute atomic E-state index is 0.438. The number of hydrogen-bond donors (Lipinski definition) is 0. The van der Waals surface area contributed by atoms with Gasteiger partial charge in [0.25, 0.3) is 0 Å². The molecule has 0 aliphatic rings. The van der Waals surface area contributed by atoms with Gasteiger partial charge in [0.1, 0.15) is 11.3 Å². The number of nitrogens with zero attached hydrogens (tertiary/aromatic N) is 3. The number of fused-ring (bicyclic) bond motifs is 1. The van der Waals surface area contributed by atoms with Crippen molar-refractivity contribution in [3.8, 4) is 0 Å². The van der Waals surface area contributed by atoms with Crippen LogP contribution in [-0.4, -0.2) is 32.4 Å². The van der Waals surface area contributed by atoms with Gasteiger partial charge in [0.2, 0.25) is 0 Å². The summed E-state index contributed by atoms with van der Waals surface area (Å²) < 4.78 is 2.29. The number of hydrogen-bond acceptors (Lipinski definition) is 3. The second-order valence-corrected chi connectivity index (χ2v) is 5.94. The van der Waals surface area contributed by atoms with Crippen molar-refractivity contribution in [2.24, 2.45) is 0 Å². The minimum Gasteiger partial charge on any atom is -0.309 e. The third-order valence-electron chi connectivity index (χ3n) is 3.37. The summed E-state index contributed by atoms with van der Waals surface area (Å²) in [6.07, 6.45) is 5.88. The molecule has 0 radical (unpaired) electrons. The highest BCUT2D eigenvalue weighted by Crippen LogP contribution is 2.26. The lowest BCUT2D eigenvalue weighted by Crippen LogP contribution is -2.15. The maximum Gasteiger partial charge on any atom is 0.160 e. The average Bonchev–Trinajstić information content (AvgIpc) is 2.76. The zero-order valence-corrected chi connectivity index (χ0v) is 13.3. The molecule has 0 saturated heterocycles. The Hall–Kier alpha value is -0.740. The number of imidazole rings is 1. The summed E-state index contributed by atoms with van der Waals surface area (Å²) in [5, 5.41) is 0. The van der Waals surface area contributed by atoms with E-state index in [0.29, 0.717) is 11.9 Å². The highest BCUT2D eigenvalue weighted by atomic mass is 35.5. The van der Waals surface area contributed by atoms with Crippen molar-refractivity contribution in [2.45, 2.75) is 32.7 Å². The van der Waals surface area contributed by atoms with Crippen LogP contribution in [0.4, 0.5) is 0 Å². The quantitative estimate of drug-likeness (QED) is 0.759. The molecule has 0 bridgehead atoms. The van der Waals surface area contributed by atoms with Crippen LogP contribution in [0.1, 0.15) is 30.8 Å². The molecule has 0 amide bonds. The SMILES string of the molecule is CCC(CSC)n1c(CCCl)nc2c(C)ccnc21. The maximum atomic E-state index is 5.92. The molecule has 2 rings (SSSR count). The van der Waals surface area contributed by atoms with Crippen LogP contribution in [-0.2, 0) is 6.42 Å². The molecule has 1 unspecified atom stereocenters. The molecular weight excluding hydrogens is 278 g/mol. The first-order chi connectivity index (χ1) is 9.22. The van der Waals surface area contributed by atoms with Gasteiger partial charge in [-0.3, -0.25) is 0 Å². The smallest absolute Gasteiger partial charge is 0.160 e. The summed E-state index contributed by atoms with van der Waals surface area (Å²) in [5.74, 6) is 2.73. The van der Waals surface area contributed by atoms with Crippen molar-refractivity contribution in [3.63, 3.8) is 0 Å². The zero-order chi connectivity index (χ0) is 13.8. The van der Waals surface area contributed by atoms with E-state index in [4.69, 9.17) is 16.6 Å². The van der Waals surface area contributed by atoms with E-state index in [1.165, 1.54) is 5.56 Å². The second kappa shape index (κ2) is 6.62. The fourth-order valence-electron chi connectivity index (χ4n) is 2.37. The van der Waals surface area contributed by atoms with Gasteiger partial charge in [-0.2, -0.15) is 11.8 Å². The second-order valence-electron chi connectivity index (χ2n) is 4.65. The molecule has 0 fully saturated rings. The third-order valence-corrected chi connectivity index (χ3v) is 4.27. The lowest BCUT2D eigenvalue weighted by molar-refractivity contribution is 0.530. The van der Waals surface area contributed by atoms with Gasteiger partial charge in [0.15, 0.2) is 5.65 Å². The average molecular weight is 298 g/mol. The standard InChI is InChI=1S/C14H20ClN3S/c1-4-11(9-19-3)18-12(5-7-15)17-13-10(2)6-8-16-14(13)18/h6,8,11H,4-5,7,9H2,1-3H3. The van der Waals surface area contributed by atoms with Gasteiger partial charge in [0.05, 0.1) is 0 Å². The maximum absolute atomic E-state index is 5.92. The van der Waals surface area contributed by atoms with Crippen molar-refractivity contribution in [1.29, 1.82) is 0 Å². The van der Waals surface area contributed by atoms with Gasteiger partial charge in [-0.1, -0.05) is 6.92 Å². The van der Waals surface area contributed by atoms with Crippen molar-refractivity contribution in [3.05, 3.63) is 23.7 Å². The van der Waals surface area contributed by atoms with Crippen LogP contribution >= 0.6 is 23.4 Å². The van der Waals surface area contributed by atoms with Crippen LogP contribution in [0.3, 0.4) is 0 Å². The van der Waals surface area contributed by atoms with Crippen LogP contribution in [0.15, 0.2) is 12.3 Å². The molecule has 0 N–H and O–H groups in total. The van der Waals surface area contributed by atoms with Gasteiger partial charge >= 0.3 is 0 Å². The van der Waals surface area contributed by atoms with Crippen molar-refractivity contribution in [1.82, 2.24) is 14.5 Å². The molecular formula is C14H20ClN3S. The van der Waals surface area contributed by atoms with E-state index in [1.807, 2.05) is 24.0 Å². The topological polar surface area (TPSA) is 30.7 Å². The first-order valence-electron chi connectivity index (χ1n) is 6.60. The Morgan fingerprint density at radius 3 is 2.89 bits per heavy atom. The number of rotatable bonds is 6. The number of halogens is 1. The van der Waals surface area contributed by atoms with Gasteiger partial charge in [-0.15, -0.1) is 11.6 Å². The lowest BCUT2D eigenvalue weighted by Gasteiger charge is -2.18. The molecule has 5 heteroatoms. The molecule has 0 aromatic carbocycles. The fourth-order valence-corrected chi connectivity index (χ4v) is 3.31. The lowest BCUT2D eigenvalue weighted by atomic mass is 10.2. The van der Waals surface area contributed by atoms with Crippen LogP contribution in [0, 0.1) is 6.92 Å². The van der Waals surface area contributed by atoms with E-state index in [2.05, 4.69) is 29.7 Å². The number of thioether (sulfide) groups is 1. The Morgan fingerprint density at radius 2 is 2.26 bits per heavy atom. The van der Waals surface area contributed by atoms with E-state index in [0.717, 1.165) is 35.6 Å². The van der Waals surface area contributed by atoms with E-state index in [9.17, 15) is 0 Å². The van der Waals surface area contributed by atoms with Crippen LogP contribution in [0.5, 0.6) is 0 Å². The Kier molecular flexibility index (Phi) is 5.11. The largest absolute Gasteiger partial charge is 0.309 e. The predicted molar refractivity (Wildman–Crippen MR) is 84.4 cm³/mol. The van der Waals surface area contributed by atoms with E-state index >= 15 is 0 Å². The Bertz CT molecular complexity index is 553. The third kappa shape index (κ3) is 2.90. The normalized spacial score (nSPS) is 13.1. The Balaban J connectivity index is 2.60. The predicted octanol–water partition coefficient (Wildman–Crippen LogP) is 3.84. The molecule has 0 aliphatic heterocycles. The molecule has 2 aromatic rings. The molecule has 2 heterocycles. The number of aromatic nitrogens is 3. The summed E-state index contributed by atoms with van der Waals surface area (Å²) in [4.78, 5) is 9.30. The summed E-state index contributed by atoms with van der Waals surface area (Å²) in [6.45, 7) is 4.30. The van der Waals surface area contributed by atoms with E-state index in [1.54, 1.807) is 0 Å². The Labute approximate surface area is 123 Å². The van der Waals surface area contributed by atoms with Gasteiger partial charge in [-0.05, 0) is 31.2 Å². The first-order valence-corrected chi connectivity index (χ1v) is 8.53. The van der Waals surface area contributed by atoms with Crippen molar-refractivity contribution >= 4 is 34.5 Å². The Morgan fingerprint density at radius 1 is 1.47 bits per heavy atom. The number of aryl methyl sites for hydroxylation is 2. The zero-order valence-electron chi connectivity index (χ0n) is 11.7. The van der Waals surface area contributed by atoms with Crippen molar-refractivity contribution < 1.29 is 0 Å². The van der Waals surface area contributed by atoms with Crippen LogP contribution in [0.25, 0.3) is 11.2 Å². The summed E-state index contributed by atoms with van der Waals surface area (Å²) in [5.41, 5.74) is 3.20. The monoisotopic (exact) mass is 297 g/mol. The molecule has 0 saturated carbocycles. The number of pyridine rings is 1. The van der Waals surface area contributed by atoms with E-state index in [-0.39, 0.29) is 0 Å². The molecule has 1 atom stereocenters. The summed E-state index contributed by atoms with van der Waals surface area (Å²) in [6, 6.07) is 2.45. The van der Waals surface area contributed by atoms with Crippen LogP contribution < -0.4 is 0 Å². The molecule has 19 heavy (non-hydrogen) atoms. The fraction of sp³-hybridized carbons (Fsp3) is 0.571. The van der Waals surface area contributed by atoms with Gasteiger partial charge in [0, 0.05) is 30.3 Å². The summed E-state index contributed by atoms with van der Waals surface area (Å²) in [7, 11) is 0. The molecule has 104 valence electrons. The first kappa shape index (κ1) is 14.7. The molecule has 0 aliphatic carbocycles. The number of alkyl halides is 1. The minimum atomic E-state index is 0.438. The van der Waals surface area contributed by atoms with Crippen LogP contribution in [0.2, 0.25) is 0 Å². The highest BCUT2D eigenvalue weighted by Gasteiger charge is 2.19. The molecule has 2 aromatic heterocycles. The summed E-state index contributed by atoms with van der Waals surface area (Å²) >= 11 is 7.78. The highest BCUT2D eigenvalue weighted by molar-refractivity contribution is 7.98. The van der Waals surface area contributed by atoms with Gasteiger partial charge < -0.3 is 4.57 Å².